The van der Waals surface area contributed by atoms with Crippen LogP contribution in [0.5, 0.6) is 0 Å². The van der Waals surface area contributed by atoms with Crippen LogP contribution in [0.4, 0.5) is 0 Å². The molecule has 1 amide bonds. The molecule has 0 unspecified atom stereocenters. The van der Waals surface area contributed by atoms with Gasteiger partial charge in [-0.1, -0.05) is 0 Å². The second-order valence-corrected chi connectivity index (χ2v) is 5.05. The molecule has 0 aromatic carbocycles. The number of fused-ring (bicyclic) bond motifs is 1. The number of hydrogen-bond donors (Lipinski definition) is 1. The Hall–Kier alpha value is -0.580. The van der Waals surface area contributed by atoms with Crippen molar-refractivity contribution in [2.75, 3.05) is 6.54 Å². The predicted octanol–water partition coefficient (Wildman–Crippen LogP) is 1.63. The summed E-state index contributed by atoms with van der Waals surface area (Å²) in [4.78, 5) is 13.9. The third-order valence-corrected chi connectivity index (χ3v) is 4.09. The molecule has 16 heavy (non-hydrogen) atoms. The number of nitrogens with zero attached hydrogens (tertiary/aromatic N) is 1. The van der Waals surface area contributed by atoms with E-state index in [1.807, 2.05) is 4.90 Å². The molecule has 3 rings (SSSR count). The quantitative estimate of drug-likeness (QED) is 0.875. The minimum absolute atomic E-state index is 0. The van der Waals surface area contributed by atoms with Crippen molar-refractivity contribution in [1.29, 1.82) is 0 Å². The summed E-state index contributed by atoms with van der Waals surface area (Å²) in [6.45, 7) is 1.86. The number of amides is 1. The second-order valence-electron chi connectivity index (χ2n) is 4.27. The Morgan fingerprint density at radius 1 is 1.56 bits per heavy atom. The maximum absolute atomic E-state index is 11.8. The van der Waals surface area contributed by atoms with Crippen LogP contribution in [0.3, 0.4) is 0 Å². The minimum atomic E-state index is 0. The van der Waals surface area contributed by atoms with Crippen LogP contribution in [0.2, 0.25) is 0 Å². The molecule has 0 spiro atoms. The summed E-state index contributed by atoms with van der Waals surface area (Å²) in [5.41, 5.74) is 1.26. The third kappa shape index (κ3) is 1.97. The molecule has 3 nitrogen and oxygen atoms in total. The first kappa shape index (κ1) is 11.9. The van der Waals surface area contributed by atoms with Crippen molar-refractivity contribution in [2.45, 2.75) is 31.5 Å². The number of carbonyl (C=O) groups excluding carboxylic acids is 1. The highest BCUT2D eigenvalue weighted by atomic mass is 35.5. The van der Waals surface area contributed by atoms with Gasteiger partial charge in [0.05, 0.1) is 0 Å². The van der Waals surface area contributed by atoms with Crippen molar-refractivity contribution in [3.05, 3.63) is 22.4 Å². The summed E-state index contributed by atoms with van der Waals surface area (Å²) in [5.74, 6) is 0.309. The fourth-order valence-corrected chi connectivity index (χ4v) is 3.27. The van der Waals surface area contributed by atoms with E-state index in [0.29, 0.717) is 24.4 Å². The first-order chi connectivity index (χ1) is 7.34. The highest BCUT2D eigenvalue weighted by Gasteiger charge is 2.42. The predicted molar refractivity (Wildman–Crippen MR) is 66.9 cm³/mol. The molecule has 2 atom stereocenters. The van der Waals surface area contributed by atoms with Crippen LogP contribution in [-0.4, -0.2) is 29.4 Å². The van der Waals surface area contributed by atoms with Crippen LogP contribution >= 0.6 is 23.7 Å². The van der Waals surface area contributed by atoms with Crippen LogP contribution in [0.25, 0.3) is 0 Å². The third-order valence-electron chi connectivity index (χ3n) is 3.36. The van der Waals surface area contributed by atoms with Gasteiger partial charge in [-0.3, -0.25) is 4.79 Å². The van der Waals surface area contributed by atoms with Gasteiger partial charge in [-0.2, -0.15) is 11.3 Å². The monoisotopic (exact) mass is 258 g/mol. The Morgan fingerprint density at radius 3 is 3.19 bits per heavy atom. The van der Waals surface area contributed by atoms with Crippen molar-refractivity contribution >= 4 is 29.7 Å². The number of thiophene rings is 1. The lowest BCUT2D eigenvalue weighted by Gasteiger charge is -2.22. The molecule has 2 fully saturated rings. The first-order valence-electron chi connectivity index (χ1n) is 5.38. The van der Waals surface area contributed by atoms with Crippen molar-refractivity contribution in [2.24, 2.45) is 0 Å². The Bertz CT molecular complexity index is 368. The first-order valence-corrected chi connectivity index (χ1v) is 6.33. The van der Waals surface area contributed by atoms with Gasteiger partial charge in [0.1, 0.15) is 0 Å². The van der Waals surface area contributed by atoms with E-state index in [1.165, 1.54) is 5.56 Å². The summed E-state index contributed by atoms with van der Waals surface area (Å²) in [7, 11) is 0. The molecule has 88 valence electrons. The molecule has 0 saturated carbocycles. The van der Waals surface area contributed by atoms with Gasteiger partial charge in [-0.25, -0.2) is 0 Å². The molecule has 3 heterocycles. The number of halogens is 1. The Balaban J connectivity index is 0.000000963. The van der Waals surface area contributed by atoms with Crippen LogP contribution in [0.15, 0.2) is 16.8 Å². The summed E-state index contributed by atoms with van der Waals surface area (Å²) < 4.78 is 0. The SMILES string of the molecule is Cl.O=C1C[C@H]2NCC[C@H]2N1Cc1ccsc1. The number of carbonyl (C=O) groups is 1. The van der Waals surface area contributed by atoms with Gasteiger partial charge in [0, 0.05) is 25.0 Å². The van der Waals surface area contributed by atoms with Crippen molar-refractivity contribution in [1.82, 2.24) is 10.2 Å². The molecule has 0 aliphatic carbocycles. The van der Waals surface area contributed by atoms with Gasteiger partial charge in [-0.05, 0) is 35.4 Å². The molecule has 1 aromatic heterocycles. The van der Waals surface area contributed by atoms with E-state index in [4.69, 9.17) is 0 Å². The van der Waals surface area contributed by atoms with Gasteiger partial charge in [0.25, 0.3) is 0 Å². The Labute approximate surface area is 105 Å². The number of nitrogens with one attached hydrogen (secondary N) is 1. The summed E-state index contributed by atoms with van der Waals surface area (Å²) in [5, 5.41) is 7.60. The number of rotatable bonds is 2. The maximum Gasteiger partial charge on any atom is 0.224 e. The summed E-state index contributed by atoms with van der Waals surface area (Å²) in [6, 6.07) is 2.96. The fraction of sp³-hybridized carbons (Fsp3) is 0.545. The molecule has 5 heteroatoms. The highest BCUT2D eigenvalue weighted by Crippen LogP contribution is 2.27. The van der Waals surface area contributed by atoms with Gasteiger partial charge in [-0.15, -0.1) is 12.4 Å². The van der Waals surface area contributed by atoms with Crippen LogP contribution in [-0.2, 0) is 11.3 Å². The lowest BCUT2D eigenvalue weighted by Crippen LogP contribution is -2.35. The van der Waals surface area contributed by atoms with Gasteiger partial charge in [0.15, 0.2) is 0 Å². The molecule has 2 aliphatic heterocycles. The van der Waals surface area contributed by atoms with Crippen molar-refractivity contribution in [3.8, 4) is 0 Å². The van der Waals surface area contributed by atoms with E-state index in [-0.39, 0.29) is 12.4 Å². The Morgan fingerprint density at radius 2 is 2.44 bits per heavy atom. The number of hydrogen-bond acceptors (Lipinski definition) is 3. The largest absolute Gasteiger partial charge is 0.334 e. The zero-order valence-corrected chi connectivity index (χ0v) is 10.5. The van der Waals surface area contributed by atoms with E-state index in [0.717, 1.165) is 19.5 Å². The van der Waals surface area contributed by atoms with E-state index in [1.54, 1.807) is 11.3 Å². The average Bonchev–Trinajstić information content (AvgIpc) is 2.86. The summed E-state index contributed by atoms with van der Waals surface area (Å²) >= 11 is 1.70. The summed E-state index contributed by atoms with van der Waals surface area (Å²) in [6.07, 6.45) is 1.80. The van der Waals surface area contributed by atoms with Crippen molar-refractivity contribution < 1.29 is 4.79 Å². The van der Waals surface area contributed by atoms with Gasteiger partial charge in [0.2, 0.25) is 5.91 Å². The normalized spacial score (nSPS) is 28.0. The van der Waals surface area contributed by atoms with Crippen LogP contribution in [0.1, 0.15) is 18.4 Å². The molecular weight excluding hydrogens is 244 g/mol. The van der Waals surface area contributed by atoms with E-state index >= 15 is 0 Å². The molecule has 0 bridgehead atoms. The van der Waals surface area contributed by atoms with E-state index in [9.17, 15) is 4.79 Å². The topological polar surface area (TPSA) is 32.3 Å². The lowest BCUT2D eigenvalue weighted by molar-refractivity contribution is -0.129. The lowest BCUT2D eigenvalue weighted by atomic mass is 10.1. The maximum atomic E-state index is 11.8. The van der Waals surface area contributed by atoms with E-state index in [2.05, 4.69) is 22.1 Å². The van der Waals surface area contributed by atoms with Crippen molar-refractivity contribution in [3.63, 3.8) is 0 Å². The minimum Gasteiger partial charge on any atom is -0.334 e. The van der Waals surface area contributed by atoms with Crippen LogP contribution < -0.4 is 5.32 Å². The van der Waals surface area contributed by atoms with Crippen LogP contribution in [0, 0.1) is 0 Å². The standard InChI is InChI=1S/C11H14N2OS.ClH/c14-11-5-9-10(1-3-12-9)13(11)6-8-2-4-15-7-8;/h2,4,7,9-10,12H,1,3,5-6H2;1H/t9-,10-;/m1./s1. The number of likely N-dealkylation sites (tertiary alicyclic amines) is 1. The van der Waals surface area contributed by atoms with E-state index < -0.39 is 0 Å². The highest BCUT2D eigenvalue weighted by molar-refractivity contribution is 7.07. The van der Waals surface area contributed by atoms with Gasteiger partial charge < -0.3 is 10.2 Å². The van der Waals surface area contributed by atoms with Gasteiger partial charge >= 0.3 is 0 Å². The Kier molecular flexibility index (Phi) is 3.52. The smallest absolute Gasteiger partial charge is 0.224 e. The molecular formula is C11H15ClN2OS. The fourth-order valence-electron chi connectivity index (χ4n) is 2.61. The molecule has 1 N–H and O–H groups in total. The average molecular weight is 259 g/mol. The molecule has 1 aromatic rings. The zero-order valence-electron chi connectivity index (χ0n) is 8.89. The molecule has 2 aliphatic rings. The zero-order chi connectivity index (χ0) is 10.3. The molecule has 2 saturated heterocycles. The second kappa shape index (κ2) is 4.73. The molecule has 0 radical (unpaired) electrons.